The van der Waals surface area contributed by atoms with E-state index in [-0.39, 0.29) is 29.6 Å². The van der Waals surface area contributed by atoms with Crippen molar-refractivity contribution in [3.05, 3.63) is 24.0 Å². The molecule has 28 heavy (non-hydrogen) atoms. The maximum Gasteiger partial charge on any atom is 0.414 e. The van der Waals surface area contributed by atoms with Crippen molar-refractivity contribution in [1.82, 2.24) is 5.32 Å². The van der Waals surface area contributed by atoms with E-state index in [2.05, 4.69) is 5.32 Å². The fraction of sp³-hybridized carbons (Fsp3) is 0.600. The van der Waals surface area contributed by atoms with Gasteiger partial charge in [-0.1, -0.05) is 6.42 Å². The van der Waals surface area contributed by atoms with Crippen LogP contribution in [-0.2, 0) is 14.3 Å². The summed E-state index contributed by atoms with van der Waals surface area (Å²) in [5.74, 6) is -0.218. The van der Waals surface area contributed by atoms with Gasteiger partial charge in [-0.3, -0.25) is 9.69 Å². The Labute approximate surface area is 162 Å². The first-order chi connectivity index (χ1) is 13.5. The molecule has 1 aromatic carbocycles. The minimum atomic E-state index is -0.510. The highest BCUT2D eigenvalue weighted by Crippen LogP contribution is 2.41. The summed E-state index contributed by atoms with van der Waals surface area (Å²) < 4.78 is 25.2. The predicted molar refractivity (Wildman–Crippen MR) is 99.8 cm³/mol. The molecule has 3 aliphatic heterocycles. The largest absolute Gasteiger partial charge is 0.442 e. The molecule has 150 valence electrons. The molecule has 1 atom stereocenters. The van der Waals surface area contributed by atoms with E-state index in [9.17, 15) is 14.0 Å². The zero-order valence-corrected chi connectivity index (χ0v) is 15.7. The van der Waals surface area contributed by atoms with Crippen LogP contribution in [0.1, 0.15) is 19.3 Å². The first kappa shape index (κ1) is 17.7. The molecule has 1 spiro atoms. The van der Waals surface area contributed by atoms with Gasteiger partial charge in [0.25, 0.3) is 0 Å². The first-order valence-electron chi connectivity index (χ1n) is 9.91. The summed E-state index contributed by atoms with van der Waals surface area (Å²) in [7, 11) is 0. The molecule has 8 heteroatoms. The minimum absolute atomic E-state index is 0.0281. The van der Waals surface area contributed by atoms with Gasteiger partial charge in [0.2, 0.25) is 5.91 Å². The smallest absolute Gasteiger partial charge is 0.414 e. The molecule has 0 aromatic heterocycles. The number of anilines is 2. The second-order valence-corrected chi connectivity index (χ2v) is 8.47. The Kier molecular flexibility index (Phi) is 4.19. The van der Waals surface area contributed by atoms with Gasteiger partial charge in [-0.15, -0.1) is 0 Å². The van der Waals surface area contributed by atoms with E-state index < -0.39 is 12.2 Å². The van der Waals surface area contributed by atoms with Gasteiger partial charge in [-0.2, -0.15) is 0 Å². The van der Waals surface area contributed by atoms with Crippen LogP contribution in [0.25, 0.3) is 0 Å². The zero-order valence-electron chi connectivity index (χ0n) is 15.7. The van der Waals surface area contributed by atoms with Crippen molar-refractivity contribution >= 4 is 23.4 Å². The molecular weight excluding hydrogens is 365 g/mol. The highest BCUT2D eigenvalue weighted by Gasteiger charge is 2.49. The Morgan fingerprint density at radius 2 is 2.07 bits per heavy atom. The molecule has 3 heterocycles. The van der Waals surface area contributed by atoms with Crippen LogP contribution in [0.15, 0.2) is 18.2 Å². The first-order valence-corrected chi connectivity index (χ1v) is 9.91. The number of ether oxygens (including phenoxy) is 2. The number of amides is 2. The Hall–Kier alpha value is -2.35. The van der Waals surface area contributed by atoms with Gasteiger partial charge in [0.1, 0.15) is 11.9 Å². The molecule has 1 saturated carbocycles. The van der Waals surface area contributed by atoms with Crippen LogP contribution in [0.5, 0.6) is 0 Å². The highest BCUT2D eigenvalue weighted by atomic mass is 19.1. The molecule has 1 N–H and O–H groups in total. The second-order valence-electron chi connectivity index (χ2n) is 8.47. The number of carbonyl (C=O) groups is 2. The Morgan fingerprint density at radius 1 is 1.29 bits per heavy atom. The topological polar surface area (TPSA) is 71.1 Å². The molecule has 4 fully saturated rings. The molecule has 0 unspecified atom stereocenters. The van der Waals surface area contributed by atoms with Crippen LogP contribution in [0, 0.1) is 17.2 Å². The van der Waals surface area contributed by atoms with Crippen LogP contribution in [0.2, 0.25) is 0 Å². The number of benzene rings is 1. The van der Waals surface area contributed by atoms with E-state index in [4.69, 9.17) is 9.47 Å². The maximum atomic E-state index is 14.7. The van der Waals surface area contributed by atoms with Gasteiger partial charge in [0.15, 0.2) is 0 Å². The van der Waals surface area contributed by atoms with E-state index in [0.29, 0.717) is 17.9 Å². The monoisotopic (exact) mass is 389 g/mol. The SMILES string of the molecule is O=C(NC[C@H]1CN(c2ccc(N3CC4(COC4)C3)c(F)c2)C(=O)O1)C1CCC1. The van der Waals surface area contributed by atoms with Crippen molar-refractivity contribution in [3.8, 4) is 0 Å². The average molecular weight is 389 g/mol. The Morgan fingerprint density at radius 3 is 2.68 bits per heavy atom. The fourth-order valence-electron chi connectivity index (χ4n) is 4.30. The lowest BCUT2D eigenvalue weighted by Crippen LogP contribution is -2.66. The van der Waals surface area contributed by atoms with Gasteiger partial charge in [-0.25, -0.2) is 9.18 Å². The third-order valence-corrected chi connectivity index (χ3v) is 6.31. The summed E-state index contributed by atoms with van der Waals surface area (Å²) in [4.78, 5) is 27.6. The van der Waals surface area contributed by atoms with E-state index >= 15 is 0 Å². The summed E-state index contributed by atoms with van der Waals surface area (Å²) in [5.41, 5.74) is 1.24. The summed E-state index contributed by atoms with van der Waals surface area (Å²) >= 11 is 0. The van der Waals surface area contributed by atoms with Crippen LogP contribution in [0.3, 0.4) is 0 Å². The van der Waals surface area contributed by atoms with Crippen LogP contribution in [-0.4, -0.2) is 57.5 Å². The number of halogens is 1. The number of hydrogen-bond acceptors (Lipinski definition) is 5. The number of rotatable bonds is 5. The van der Waals surface area contributed by atoms with Crippen molar-refractivity contribution in [2.24, 2.45) is 11.3 Å². The molecule has 1 aliphatic carbocycles. The van der Waals surface area contributed by atoms with Crippen molar-refractivity contribution in [2.45, 2.75) is 25.4 Å². The molecule has 0 bridgehead atoms. The van der Waals surface area contributed by atoms with Crippen molar-refractivity contribution in [1.29, 1.82) is 0 Å². The number of cyclic esters (lactones) is 1. The number of carbonyl (C=O) groups excluding carboxylic acids is 2. The lowest BCUT2D eigenvalue weighted by molar-refractivity contribution is -0.127. The van der Waals surface area contributed by atoms with E-state index in [1.165, 1.54) is 11.0 Å². The maximum absolute atomic E-state index is 14.7. The zero-order chi connectivity index (χ0) is 19.3. The lowest BCUT2D eigenvalue weighted by atomic mass is 9.78. The van der Waals surface area contributed by atoms with E-state index in [1.54, 1.807) is 12.1 Å². The molecule has 2 amide bonds. The third kappa shape index (κ3) is 2.99. The van der Waals surface area contributed by atoms with Gasteiger partial charge in [0, 0.05) is 19.0 Å². The van der Waals surface area contributed by atoms with Gasteiger partial charge in [-0.05, 0) is 31.0 Å². The summed E-state index contributed by atoms with van der Waals surface area (Å²) in [6.07, 6.45) is 2.02. The normalized spacial score (nSPS) is 25.8. The van der Waals surface area contributed by atoms with Crippen LogP contribution < -0.4 is 15.1 Å². The number of hydrogen-bond donors (Lipinski definition) is 1. The standard InChI is InChI=1S/C20H24FN3O4/c21-16-6-14(4-5-17(16)23-9-20(10-23)11-27-12-20)24-8-15(28-19(24)26)7-22-18(25)13-2-1-3-13/h4-6,13,15H,1-3,7-12H2,(H,22,25)/t15-/m0/s1. The summed E-state index contributed by atoms with van der Waals surface area (Å²) in [6.45, 7) is 3.70. The van der Waals surface area contributed by atoms with Crippen molar-refractivity contribution in [2.75, 3.05) is 49.2 Å². The second kappa shape index (κ2) is 6.62. The Balaban J connectivity index is 1.19. The third-order valence-electron chi connectivity index (χ3n) is 6.31. The fourth-order valence-corrected chi connectivity index (χ4v) is 4.30. The van der Waals surface area contributed by atoms with Crippen LogP contribution >= 0.6 is 0 Å². The van der Waals surface area contributed by atoms with Gasteiger partial charge >= 0.3 is 6.09 Å². The van der Waals surface area contributed by atoms with E-state index in [0.717, 1.165) is 45.6 Å². The van der Waals surface area contributed by atoms with Crippen LogP contribution in [0.4, 0.5) is 20.6 Å². The van der Waals surface area contributed by atoms with Crippen molar-refractivity contribution < 1.29 is 23.5 Å². The summed E-state index contributed by atoms with van der Waals surface area (Å²) in [5, 5.41) is 2.85. The summed E-state index contributed by atoms with van der Waals surface area (Å²) in [6, 6.07) is 4.85. The average Bonchev–Trinajstić information content (AvgIpc) is 2.91. The quantitative estimate of drug-likeness (QED) is 0.833. The van der Waals surface area contributed by atoms with Gasteiger partial charge < -0.3 is 19.7 Å². The number of nitrogens with one attached hydrogen (secondary N) is 1. The molecular formula is C20H24FN3O4. The molecule has 1 aromatic rings. The molecule has 0 radical (unpaired) electrons. The molecule has 5 rings (SSSR count). The minimum Gasteiger partial charge on any atom is -0.442 e. The number of nitrogens with zero attached hydrogens (tertiary/aromatic N) is 2. The Bertz CT molecular complexity index is 801. The molecule has 4 aliphatic rings. The van der Waals surface area contributed by atoms with Gasteiger partial charge in [0.05, 0.1) is 43.1 Å². The van der Waals surface area contributed by atoms with E-state index in [1.807, 2.05) is 4.90 Å². The lowest BCUT2D eigenvalue weighted by Gasteiger charge is -2.56. The molecule has 3 saturated heterocycles. The van der Waals surface area contributed by atoms with Crippen molar-refractivity contribution in [3.63, 3.8) is 0 Å². The predicted octanol–water partition coefficient (Wildman–Crippen LogP) is 1.90. The molecule has 7 nitrogen and oxygen atoms in total. The highest BCUT2D eigenvalue weighted by molar-refractivity contribution is 5.90.